The van der Waals surface area contributed by atoms with E-state index >= 15 is 0 Å². The zero-order valence-corrected chi connectivity index (χ0v) is 11.2. The van der Waals surface area contributed by atoms with Gasteiger partial charge in [-0.25, -0.2) is 0 Å². The topological polar surface area (TPSA) is 67.2 Å². The molecule has 5 nitrogen and oxygen atoms in total. The van der Waals surface area contributed by atoms with Gasteiger partial charge in [-0.15, -0.1) is 12.4 Å². The summed E-state index contributed by atoms with van der Waals surface area (Å²) in [6, 6.07) is 4.13. The lowest BCUT2D eigenvalue weighted by Gasteiger charge is -2.23. The molecule has 106 valence electrons. The van der Waals surface area contributed by atoms with Gasteiger partial charge in [0.05, 0.1) is 4.92 Å². The van der Waals surface area contributed by atoms with Crippen LogP contribution in [-0.4, -0.2) is 24.6 Å². The van der Waals surface area contributed by atoms with E-state index in [1.54, 1.807) is 6.07 Å². The summed E-state index contributed by atoms with van der Waals surface area (Å²) in [4.78, 5) is 10.1. The van der Waals surface area contributed by atoms with Gasteiger partial charge in [0, 0.05) is 6.54 Å². The molecule has 1 aromatic carbocycles. The van der Waals surface area contributed by atoms with Crippen LogP contribution in [0.5, 0.6) is 0 Å². The highest BCUT2D eigenvalue weighted by Gasteiger charge is 2.20. The number of anilines is 1. The number of nitro groups is 1. The monoisotopic (exact) mass is 289 g/mol. The SMILES string of the molecule is Cl.O=[N+]([O-])c1c(F)cccc1NCC1CCNCC1. The molecule has 1 aliphatic heterocycles. The van der Waals surface area contributed by atoms with Gasteiger partial charge < -0.3 is 10.6 Å². The van der Waals surface area contributed by atoms with Crippen molar-refractivity contribution in [2.24, 2.45) is 5.92 Å². The predicted molar refractivity (Wildman–Crippen MR) is 74.4 cm³/mol. The number of para-hydroxylation sites is 1. The van der Waals surface area contributed by atoms with Crippen molar-refractivity contribution in [2.45, 2.75) is 12.8 Å². The molecule has 2 N–H and O–H groups in total. The number of halogens is 2. The second-order valence-electron chi connectivity index (χ2n) is 4.47. The minimum Gasteiger partial charge on any atom is -0.379 e. The van der Waals surface area contributed by atoms with Gasteiger partial charge in [0.25, 0.3) is 0 Å². The molecule has 0 unspecified atom stereocenters. The van der Waals surface area contributed by atoms with E-state index in [0.717, 1.165) is 32.0 Å². The Labute approximate surface area is 117 Å². The summed E-state index contributed by atoms with van der Waals surface area (Å²) in [5.74, 6) is -0.315. The van der Waals surface area contributed by atoms with Crippen molar-refractivity contribution >= 4 is 23.8 Å². The molecule has 0 spiro atoms. The first kappa shape index (κ1) is 15.7. The molecule has 1 aliphatic rings. The second-order valence-corrected chi connectivity index (χ2v) is 4.47. The van der Waals surface area contributed by atoms with Crippen molar-refractivity contribution < 1.29 is 9.31 Å². The van der Waals surface area contributed by atoms with Crippen LogP contribution in [-0.2, 0) is 0 Å². The third-order valence-corrected chi connectivity index (χ3v) is 3.21. The van der Waals surface area contributed by atoms with Crippen molar-refractivity contribution in [1.29, 1.82) is 0 Å². The van der Waals surface area contributed by atoms with Gasteiger partial charge in [-0.3, -0.25) is 10.1 Å². The van der Waals surface area contributed by atoms with Crippen LogP contribution in [0.25, 0.3) is 0 Å². The van der Waals surface area contributed by atoms with Crippen LogP contribution in [0.1, 0.15) is 12.8 Å². The Bertz CT molecular complexity index is 439. The molecule has 1 aromatic rings. The first-order valence-electron chi connectivity index (χ1n) is 6.06. The van der Waals surface area contributed by atoms with E-state index in [4.69, 9.17) is 0 Å². The lowest BCUT2D eigenvalue weighted by Crippen LogP contribution is -2.31. The Hall–Kier alpha value is -1.40. The van der Waals surface area contributed by atoms with Crippen LogP contribution in [0.3, 0.4) is 0 Å². The Balaban J connectivity index is 0.00000180. The number of nitrogens with one attached hydrogen (secondary N) is 2. The lowest BCUT2D eigenvalue weighted by atomic mass is 9.98. The van der Waals surface area contributed by atoms with Gasteiger partial charge in [-0.05, 0) is 44.0 Å². The highest BCUT2D eigenvalue weighted by Crippen LogP contribution is 2.27. The average Bonchev–Trinajstić information content (AvgIpc) is 2.37. The molecule has 0 saturated carbocycles. The van der Waals surface area contributed by atoms with Gasteiger partial charge >= 0.3 is 5.69 Å². The molecule has 0 amide bonds. The Morgan fingerprint density at radius 2 is 2.11 bits per heavy atom. The smallest absolute Gasteiger partial charge is 0.327 e. The van der Waals surface area contributed by atoms with Gasteiger partial charge in [0.2, 0.25) is 5.82 Å². The number of rotatable bonds is 4. The van der Waals surface area contributed by atoms with Crippen molar-refractivity contribution in [3.63, 3.8) is 0 Å². The molecule has 1 fully saturated rings. The molecule has 19 heavy (non-hydrogen) atoms. The maximum atomic E-state index is 13.4. The van der Waals surface area contributed by atoms with E-state index in [2.05, 4.69) is 10.6 Å². The zero-order chi connectivity index (χ0) is 13.0. The fourth-order valence-corrected chi connectivity index (χ4v) is 2.18. The first-order valence-corrected chi connectivity index (χ1v) is 6.06. The lowest BCUT2D eigenvalue weighted by molar-refractivity contribution is -0.386. The van der Waals surface area contributed by atoms with Crippen LogP contribution in [0, 0.1) is 21.8 Å². The summed E-state index contributed by atoms with van der Waals surface area (Å²) < 4.78 is 13.4. The second kappa shape index (κ2) is 7.25. The number of hydrogen-bond donors (Lipinski definition) is 2. The van der Waals surface area contributed by atoms with Gasteiger partial charge in [-0.1, -0.05) is 6.07 Å². The van der Waals surface area contributed by atoms with Crippen molar-refractivity contribution in [2.75, 3.05) is 25.0 Å². The first-order chi connectivity index (χ1) is 8.68. The number of benzene rings is 1. The molecular formula is C12H17ClFN3O2. The molecular weight excluding hydrogens is 273 g/mol. The third-order valence-electron chi connectivity index (χ3n) is 3.21. The number of nitro benzene ring substituents is 1. The van der Waals surface area contributed by atoms with Gasteiger partial charge in [0.1, 0.15) is 5.69 Å². The summed E-state index contributed by atoms with van der Waals surface area (Å²) >= 11 is 0. The third kappa shape index (κ3) is 4.04. The maximum absolute atomic E-state index is 13.4. The zero-order valence-electron chi connectivity index (χ0n) is 10.4. The molecule has 1 saturated heterocycles. The van der Waals surface area contributed by atoms with E-state index in [0.29, 0.717) is 12.5 Å². The van der Waals surface area contributed by atoms with Crippen LogP contribution in [0.2, 0.25) is 0 Å². The van der Waals surface area contributed by atoms with E-state index in [1.165, 1.54) is 6.07 Å². The highest BCUT2D eigenvalue weighted by molar-refractivity contribution is 5.85. The van der Waals surface area contributed by atoms with Crippen molar-refractivity contribution in [1.82, 2.24) is 5.32 Å². The van der Waals surface area contributed by atoms with E-state index in [-0.39, 0.29) is 18.1 Å². The van der Waals surface area contributed by atoms with Crippen molar-refractivity contribution in [3.05, 3.63) is 34.1 Å². The fraction of sp³-hybridized carbons (Fsp3) is 0.500. The normalized spacial score (nSPS) is 15.6. The predicted octanol–water partition coefficient (Wildman–Crippen LogP) is 2.57. The number of piperidine rings is 1. The Morgan fingerprint density at radius 1 is 1.42 bits per heavy atom. The molecule has 0 radical (unpaired) electrons. The quantitative estimate of drug-likeness (QED) is 0.660. The molecule has 0 aliphatic carbocycles. The van der Waals surface area contributed by atoms with Crippen LogP contribution >= 0.6 is 12.4 Å². The molecule has 0 atom stereocenters. The van der Waals surface area contributed by atoms with E-state index < -0.39 is 16.4 Å². The summed E-state index contributed by atoms with van der Waals surface area (Å²) in [5.41, 5.74) is -0.204. The Kier molecular flexibility index (Phi) is 5.98. The fourth-order valence-electron chi connectivity index (χ4n) is 2.18. The Morgan fingerprint density at radius 3 is 2.74 bits per heavy atom. The summed E-state index contributed by atoms with van der Waals surface area (Å²) in [5, 5.41) is 17.1. The summed E-state index contributed by atoms with van der Waals surface area (Å²) in [6.45, 7) is 2.58. The van der Waals surface area contributed by atoms with Crippen molar-refractivity contribution in [3.8, 4) is 0 Å². The molecule has 2 rings (SSSR count). The molecule has 1 heterocycles. The highest BCUT2D eigenvalue weighted by atomic mass is 35.5. The van der Waals surface area contributed by atoms with Crippen LogP contribution < -0.4 is 10.6 Å². The van der Waals surface area contributed by atoms with E-state index in [9.17, 15) is 14.5 Å². The minimum atomic E-state index is -0.796. The average molecular weight is 290 g/mol. The standard InChI is InChI=1S/C12H16FN3O2.ClH/c13-10-2-1-3-11(12(10)16(17)18)15-8-9-4-6-14-7-5-9;/h1-3,9,14-15H,4-8H2;1H. The maximum Gasteiger partial charge on any atom is 0.327 e. The van der Waals surface area contributed by atoms with Crippen LogP contribution in [0.15, 0.2) is 18.2 Å². The van der Waals surface area contributed by atoms with E-state index in [1.807, 2.05) is 0 Å². The van der Waals surface area contributed by atoms with Gasteiger partial charge in [0.15, 0.2) is 0 Å². The largest absolute Gasteiger partial charge is 0.379 e. The number of nitrogens with zero attached hydrogens (tertiary/aromatic N) is 1. The van der Waals surface area contributed by atoms with Gasteiger partial charge in [-0.2, -0.15) is 4.39 Å². The summed E-state index contributed by atoms with van der Waals surface area (Å²) in [7, 11) is 0. The molecule has 0 aromatic heterocycles. The molecule has 7 heteroatoms. The number of hydrogen-bond acceptors (Lipinski definition) is 4. The minimum absolute atomic E-state index is 0. The molecule has 0 bridgehead atoms. The summed E-state index contributed by atoms with van der Waals surface area (Å²) in [6.07, 6.45) is 2.08. The van der Waals surface area contributed by atoms with Crippen LogP contribution in [0.4, 0.5) is 15.8 Å².